The van der Waals surface area contributed by atoms with E-state index in [-0.39, 0.29) is 11.9 Å². The van der Waals surface area contributed by atoms with E-state index < -0.39 is 0 Å². The molecule has 2 rings (SSSR count). The Bertz CT molecular complexity index is 626. The Balaban J connectivity index is 2.02. The van der Waals surface area contributed by atoms with Crippen LogP contribution >= 0.6 is 11.3 Å². The molecule has 0 saturated heterocycles. The van der Waals surface area contributed by atoms with Gasteiger partial charge in [0.2, 0.25) is 5.91 Å². The van der Waals surface area contributed by atoms with E-state index in [9.17, 15) is 4.79 Å². The number of rotatable bonds is 4. The Morgan fingerprint density at radius 3 is 2.80 bits per heavy atom. The molecule has 2 aromatic heterocycles. The summed E-state index contributed by atoms with van der Waals surface area (Å²) in [7, 11) is 1.90. The standard InChI is InChI=1S/C15H19N3OS/c1-10-13(12(3)18(4)17-10)7-8-15(19)16-11(2)14-6-5-9-20-14/h5-9,11H,1-4H3,(H,16,19). The fourth-order valence-electron chi connectivity index (χ4n) is 2.06. The van der Waals surface area contributed by atoms with Crippen LogP contribution in [0, 0.1) is 13.8 Å². The maximum Gasteiger partial charge on any atom is 0.244 e. The molecule has 0 bridgehead atoms. The van der Waals surface area contributed by atoms with E-state index in [1.54, 1.807) is 17.4 Å². The van der Waals surface area contributed by atoms with E-state index in [0.29, 0.717) is 0 Å². The van der Waals surface area contributed by atoms with Crippen molar-refractivity contribution >= 4 is 23.3 Å². The molecule has 0 spiro atoms. The van der Waals surface area contributed by atoms with Gasteiger partial charge in [-0.25, -0.2) is 0 Å². The Morgan fingerprint density at radius 1 is 1.50 bits per heavy atom. The van der Waals surface area contributed by atoms with Crippen molar-refractivity contribution in [2.24, 2.45) is 7.05 Å². The maximum atomic E-state index is 11.9. The van der Waals surface area contributed by atoms with E-state index in [1.165, 1.54) is 0 Å². The lowest BCUT2D eigenvalue weighted by atomic mass is 10.2. The first-order chi connectivity index (χ1) is 9.49. The van der Waals surface area contributed by atoms with Crippen molar-refractivity contribution in [3.63, 3.8) is 0 Å². The summed E-state index contributed by atoms with van der Waals surface area (Å²) < 4.78 is 1.82. The van der Waals surface area contributed by atoms with Crippen LogP contribution in [0.15, 0.2) is 23.6 Å². The molecule has 1 amide bonds. The molecule has 2 aromatic rings. The fourth-order valence-corrected chi connectivity index (χ4v) is 2.79. The summed E-state index contributed by atoms with van der Waals surface area (Å²) in [5.41, 5.74) is 2.99. The first-order valence-corrected chi connectivity index (χ1v) is 7.39. The summed E-state index contributed by atoms with van der Waals surface area (Å²) in [4.78, 5) is 13.1. The second-order valence-corrected chi connectivity index (χ2v) is 5.77. The largest absolute Gasteiger partial charge is 0.345 e. The zero-order valence-electron chi connectivity index (χ0n) is 12.2. The van der Waals surface area contributed by atoms with Crippen LogP contribution in [0.3, 0.4) is 0 Å². The predicted octanol–water partition coefficient (Wildman–Crippen LogP) is 2.99. The van der Waals surface area contributed by atoms with Crippen molar-refractivity contribution in [1.82, 2.24) is 15.1 Å². The number of amides is 1. The van der Waals surface area contributed by atoms with Crippen molar-refractivity contribution in [1.29, 1.82) is 0 Å². The van der Waals surface area contributed by atoms with E-state index in [4.69, 9.17) is 0 Å². The minimum atomic E-state index is -0.0893. The summed E-state index contributed by atoms with van der Waals surface area (Å²) in [6.45, 7) is 5.92. The monoisotopic (exact) mass is 289 g/mol. The van der Waals surface area contributed by atoms with Gasteiger partial charge in [0.1, 0.15) is 0 Å². The molecule has 1 unspecified atom stereocenters. The number of carbonyl (C=O) groups excluding carboxylic acids is 1. The molecule has 0 aromatic carbocycles. The van der Waals surface area contributed by atoms with Gasteiger partial charge in [-0.3, -0.25) is 9.48 Å². The number of nitrogens with one attached hydrogen (secondary N) is 1. The van der Waals surface area contributed by atoms with Crippen molar-refractivity contribution in [3.05, 3.63) is 45.4 Å². The molecule has 1 atom stereocenters. The van der Waals surface area contributed by atoms with Crippen LogP contribution in [0.1, 0.15) is 34.8 Å². The van der Waals surface area contributed by atoms with Gasteiger partial charge in [-0.05, 0) is 38.3 Å². The molecule has 5 heteroatoms. The van der Waals surface area contributed by atoms with E-state index in [1.807, 2.05) is 56.1 Å². The van der Waals surface area contributed by atoms with Gasteiger partial charge >= 0.3 is 0 Å². The SMILES string of the molecule is Cc1nn(C)c(C)c1C=CC(=O)NC(C)c1cccs1. The summed E-state index contributed by atoms with van der Waals surface area (Å²) >= 11 is 1.64. The molecule has 20 heavy (non-hydrogen) atoms. The first kappa shape index (κ1) is 14.5. The number of carbonyl (C=O) groups is 1. The Labute approximate surface area is 123 Å². The highest BCUT2D eigenvalue weighted by molar-refractivity contribution is 7.10. The first-order valence-electron chi connectivity index (χ1n) is 6.51. The zero-order chi connectivity index (χ0) is 14.7. The normalized spacial score (nSPS) is 12.8. The van der Waals surface area contributed by atoms with Crippen LogP contribution in [0.5, 0.6) is 0 Å². The third kappa shape index (κ3) is 3.17. The van der Waals surface area contributed by atoms with Crippen molar-refractivity contribution in [2.45, 2.75) is 26.8 Å². The van der Waals surface area contributed by atoms with Crippen LogP contribution in [0.25, 0.3) is 6.08 Å². The smallest absolute Gasteiger partial charge is 0.244 e. The highest BCUT2D eigenvalue weighted by Gasteiger charge is 2.09. The topological polar surface area (TPSA) is 46.9 Å². The number of aromatic nitrogens is 2. The van der Waals surface area contributed by atoms with Gasteiger partial charge in [0.15, 0.2) is 0 Å². The lowest BCUT2D eigenvalue weighted by Gasteiger charge is -2.09. The summed E-state index contributed by atoms with van der Waals surface area (Å²) in [6, 6.07) is 4.04. The van der Waals surface area contributed by atoms with E-state index in [0.717, 1.165) is 21.8 Å². The molecule has 0 fully saturated rings. The molecule has 0 aliphatic rings. The van der Waals surface area contributed by atoms with Gasteiger partial charge in [0.05, 0.1) is 11.7 Å². The molecule has 1 N–H and O–H groups in total. The summed E-state index contributed by atoms with van der Waals surface area (Å²) in [5.74, 6) is -0.0893. The number of thiophene rings is 1. The Morgan fingerprint density at radius 2 is 2.25 bits per heavy atom. The lowest BCUT2D eigenvalue weighted by molar-refractivity contribution is -0.117. The molecule has 0 aliphatic carbocycles. The molecule has 0 radical (unpaired) electrons. The number of hydrogen-bond donors (Lipinski definition) is 1. The average molecular weight is 289 g/mol. The number of hydrogen-bond acceptors (Lipinski definition) is 3. The van der Waals surface area contributed by atoms with Crippen LogP contribution in [-0.4, -0.2) is 15.7 Å². The predicted molar refractivity (Wildman–Crippen MR) is 82.6 cm³/mol. The zero-order valence-corrected chi connectivity index (χ0v) is 13.0. The van der Waals surface area contributed by atoms with Crippen molar-refractivity contribution < 1.29 is 4.79 Å². The molecular weight excluding hydrogens is 270 g/mol. The quantitative estimate of drug-likeness (QED) is 0.880. The van der Waals surface area contributed by atoms with Crippen LogP contribution in [-0.2, 0) is 11.8 Å². The van der Waals surface area contributed by atoms with Crippen LogP contribution in [0.2, 0.25) is 0 Å². The maximum absolute atomic E-state index is 11.9. The minimum absolute atomic E-state index is 0.0308. The molecule has 4 nitrogen and oxygen atoms in total. The van der Waals surface area contributed by atoms with Gasteiger partial charge in [-0.2, -0.15) is 5.10 Å². The van der Waals surface area contributed by atoms with Gasteiger partial charge in [-0.1, -0.05) is 6.07 Å². The third-order valence-corrected chi connectivity index (χ3v) is 4.35. The highest BCUT2D eigenvalue weighted by atomic mass is 32.1. The number of nitrogens with zero attached hydrogens (tertiary/aromatic N) is 2. The molecule has 0 aliphatic heterocycles. The summed E-state index contributed by atoms with van der Waals surface area (Å²) in [5, 5.41) is 9.29. The molecule has 106 valence electrons. The second kappa shape index (κ2) is 6.05. The summed E-state index contributed by atoms with van der Waals surface area (Å²) in [6.07, 6.45) is 3.40. The van der Waals surface area contributed by atoms with Crippen molar-refractivity contribution in [3.8, 4) is 0 Å². The highest BCUT2D eigenvalue weighted by Crippen LogP contribution is 2.18. The van der Waals surface area contributed by atoms with Gasteiger partial charge in [0.25, 0.3) is 0 Å². The minimum Gasteiger partial charge on any atom is -0.345 e. The average Bonchev–Trinajstić information content (AvgIpc) is 2.98. The Kier molecular flexibility index (Phi) is 4.39. The van der Waals surface area contributed by atoms with Gasteiger partial charge < -0.3 is 5.32 Å². The van der Waals surface area contributed by atoms with E-state index in [2.05, 4.69) is 10.4 Å². The third-order valence-electron chi connectivity index (χ3n) is 3.30. The number of aryl methyl sites for hydroxylation is 2. The van der Waals surface area contributed by atoms with Crippen molar-refractivity contribution in [2.75, 3.05) is 0 Å². The molecular formula is C15H19N3OS. The van der Waals surface area contributed by atoms with Gasteiger partial charge in [0, 0.05) is 29.3 Å². The van der Waals surface area contributed by atoms with Crippen LogP contribution < -0.4 is 5.32 Å². The fraction of sp³-hybridized carbons (Fsp3) is 0.333. The molecule has 0 saturated carbocycles. The van der Waals surface area contributed by atoms with Crippen LogP contribution in [0.4, 0.5) is 0 Å². The van der Waals surface area contributed by atoms with E-state index >= 15 is 0 Å². The van der Waals surface area contributed by atoms with Gasteiger partial charge in [-0.15, -0.1) is 11.3 Å². The second-order valence-electron chi connectivity index (χ2n) is 4.79. The molecule has 2 heterocycles. The Hall–Kier alpha value is -1.88. The lowest BCUT2D eigenvalue weighted by Crippen LogP contribution is -2.23.